The molecule has 0 spiro atoms. The summed E-state index contributed by atoms with van der Waals surface area (Å²) in [5, 5.41) is 3.57. The van der Waals surface area contributed by atoms with Gasteiger partial charge in [0.25, 0.3) is 0 Å². The highest BCUT2D eigenvalue weighted by Gasteiger charge is 2.24. The van der Waals surface area contributed by atoms with Gasteiger partial charge in [-0.25, -0.2) is 4.98 Å². The van der Waals surface area contributed by atoms with E-state index in [1.165, 1.54) is 36.9 Å². The van der Waals surface area contributed by atoms with E-state index in [0.717, 1.165) is 30.9 Å². The molecule has 3 rings (SSSR count). The third-order valence-electron chi connectivity index (χ3n) is 4.75. The minimum atomic E-state index is 0.619. The van der Waals surface area contributed by atoms with Crippen LogP contribution in [-0.2, 0) is 6.54 Å². The van der Waals surface area contributed by atoms with Crippen molar-refractivity contribution in [3.8, 4) is 0 Å². The van der Waals surface area contributed by atoms with Crippen LogP contribution in [0.5, 0.6) is 0 Å². The van der Waals surface area contributed by atoms with Crippen molar-refractivity contribution >= 4 is 5.82 Å². The summed E-state index contributed by atoms with van der Waals surface area (Å²) in [6.07, 6.45) is 5.31. The molecule has 3 heteroatoms. The lowest BCUT2D eigenvalue weighted by molar-refractivity contribution is 0.388. The molecular formula is C17H27N3. The largest absolute Gasteiger partial charge is 0.354 e. The van der Waals surface area contributed by atoms with E-state index in [-0.39, 0.29) is 0 Å². The Morgan fingerprint density at radius 2 is 2.00 bits per heavy atom. The summed E-state index contributed by atoms with van der Waals surface area (Å²) in [7, 11) is 0. The molecule has 0 aromatic carbocycles. The summed E-state index contributed by atoms with van der Waals surface area (Å²) >= 11 is 0. The standard InChI is InChI=1S/C17H27N3/c1-12-4-5-13(2)20(11-12)17-9-6-15(14(3)19-17)10-18-16-7-8-16/h6,9,12-13,16,18H,4-5,7-8,10-11H2,1-3H3. The van der Waals surface area contributed by atoms with Crippen LogP contribution in [0.4, 0.5) is 5.82 Å². The predicted octanol–water partition coefficient (Wildman–Crippen LogP) is 3.27. The van der Waals surface area contributed by atoms with Crippen molar-refractivity contribution in [1.29, 1.82) is 0 Å². The molecule has 3 nitrogen and oxygen atoms in total. The lowest BCUT2D eigenvalue weighted by atomic mass is 9.95. The van der Waals surface area contributed by atoms with Crippen LogP contribution in [-0.4, -0.2) is 23.6 Å². The molecule has 1 saturated carbocycles. The van der Waals surface area contributed by atoms with Crippen molar-refractivity contribution in [2.24, 2.45) is 5.92 Å². The molecule has 0 bridgehead atoms. The molecule has 1 aromatic rings. The molecule has 2 fully saturated rings. The van der Waals surface area contributed by atoms with Crippen LogP contribution in [0.3, 0.4) is 0 Å². The van der Waals surface area contributed by atoms with Gasteiger partial charge >= 0.3 is 0 Å². The number of hydrogen-bond acceptors (Lipinski definition) is 3. The molecule has 1 aliphatic carbocycles. The van der Waals surface area contributed by atoms with E-state index < -0.39 is 0 Å². The van der Waals surface area contributed by atoms with Gasteiger partial charge < -0.3 is 10.2 Å². The van der Waals surface area contributed by atoms with Gasteiger partial charge in [0.2, 0.25) is 0 Å². The Morgan fingerprint density at radius 3 is 2.70 bits per heavy atom. The predicted molar refractivity (Wildman–Crippen MR) is 84.0 cm³/mol. The second kappa shape index (κ2) is 5.72. The number of rotatable bonds is 4. The molecule has 2 unspecified atom stereocenters. The monoisotopic (exact) mass is 273 g/mol. The first-order valence-electron chi connectivity index (χ1n) is 8.10. The molecule has 1 aromatic heterocycles. The topological polar surface area (TPSA) is 28.2 Å². The number of pyridine rings is 1. The highest BCUT2D eigenvalue weighted by Crippen LogP contribution is 2.27. The number of aryl methyl sites for hydroxylation is 1. The van der Waals surface area contributed by atoms with E-state index in [9.17, 15) is 0 Å². The maximum atomic E-state index is 4.87. The normalized spacial score (nSPS) is 26.9. The molecule has 2 atom stereocenters. The van der Waals surface area contributed by atoms with E-state index in [0.29, 0.717) is 6.04 Å². The number of piperidine rings is 1. The van der Waals surface area contributed by atoms with E-state index >= 15 is 0 Å². The lowest BCUT2D eigenvalue weighted by Gasteiger charge is -2.38. The molecule has 2 aliphatic rings. The van der Waals surface area contributed by atoms with Gasteiger partial charge in [-0.05, 0) is 57.1 Å². The van der Waals surface area contributed by atoms with Crippen LogP contribution in [0.25, 0.3) is 0 Å². The van der Waals surface area contributed by atoms with Gasteiger partial charge in [-0.1, -0.05) is 13.0 Å². The summed E-state index contributed by atoms with van der Waals surface area (Å²) in [5.74, 6) is 1.95. The van der Waals surface area contributed by atoms with Crippen LogP contribution >= 0.6 is 0 Å². The fraction of sp³-hybridized carbons (Fsp3) is 0.706. The van der Waals surface area contributed by atoms with E-state index in [1.54, 1.807) is 0 Å². The van der Waals surface area contributed by atoms with E-state index in [2.05, 4.69) is 43.1 Å². The molecular weight excluding hydrogens is 246 g/mol. The van der Waals surface area contributed by atoms with Crippen LogP contribution in [0.2, 0.25) is 0 Å². The van der Waals surface area contributed by atoms with Crippen LogP contribution in [0, 0.1) is 12.8 Å². The minimum Gasteiger partial charge on any atom is -0.354 e. The maximum absolute atomic E-state index is 4.87. The number of nitrogens with zero attached hydrogens (tertiary/aromatic N) is 2. The summed E-state index contributed by atoms with van der Waals surface area (Å²) in [6, 6.07) is 5.86. The maximum Gasteiger partial charge on any atom is 0.129 e. The zero-order valence-electron chi connectivity index (χ0n) is 13.0. The van der Waals surface area contributed by atoms with Gasteiger partial charge in [0.15, 0.2) is 0 Å². The van der Waals surface area contributed by atoms with Gasteiger partial charge in [-0.15, -0.1) is 0 Å². The average molecular weight is 273 g/mol. The van der Waals surface area contributed by atoms with Crippen LogP contribution in [0.1, 0.15) is 50.8 Å². The van der Waals surface area contributed by atoms with Crippen molar-refractivity contribution in [3.63, 3.8) is 0 Å². The smallest absolute Gasteiger partial charge is 0.129 e. The highest BCUT2D eigenvalue weighted by molar-refractivity contribution is 5.43. The molecule has 20 heavy (non-hydrogen) atoms. The lowest BCUT2D eigenvalue weighted by Crippen LogP contribution is -2.41. The Hall–Kier alpha value is -1.09. The summed E-state index contributed by atoms with van der Waals surface area (Å²) in [5.41, 5.74) is 2.53. The van der Waals surface area contributed by atoms with Crippen molar-refractivity contribution < 1.29 is 0 Å². The zero-order chi connectivity index (χ0) is 14.1. The van der Waals surface area contributed by atoms with E-state index in [4.69, 9.17) is 4.98 Å². The Bertz CT molecular complexity index is 467. The number of nitrogens with one attached hydrogen (secondary N) is 1. The molecule has 1 N–H and O–H groups in total. The Balaban J connectivity index is 1.71. The first-order chi connectivity index (χ1) is 9.63. The fourth-order valence-electron chi connectivity index (χ4n) is 3.07. The van der Waals surface area contributed by atoms with Gasteiger partial charge in [-0.2, -0.15) is 0 Å². The molecule has 1 saturated heterocycles. The average Bonchev–Trinajstić information content (AvgIpc) is 3.24. The molecule has 2 heterocycles. The summed E-state index contributed by atoms with van der Waals surface area (Å²) in [4.78, 5) is 7.35. The van der Waals surface area contributed by atoms with Crippen LogP contribution in [0.15, 0.2) is 12.1 Å². The molecule has 0 amide bonds. The quantitative estimate of drug-likeness (QED) is 0.912. The molecule has 0 radical (unpaired) electrons. The van der Waals surface area contributed by atoms with Gasteiger partial charge in [0.1, 0.15) is 5.82 Å². The number of aromatic nitrogens is 1. The van der Waals surface area contributed by atoms with Crippen LogP contribution < -0.4 is 10.2 Å². The highest BCUT2D eigenvalue weighted by atomic mass is 15.2. The van der Waals surface area contributed by atoms with Crippen molar-refractivity contribution in [2.45, 2.75) is 65.1 Å². The van der Waals surface area contributed by atoms with E-state index in [1.807, 2.05) is 0 Å². The van der Waals surface area contributed by atoms with Gasteiger partial charge in [0.05, 0.1) is 0 Å². The second-order valence-electron chi connectivity index (χ2n) is 6.75. The van der Waals surface area contributed by atoms with Crippen molar-refractivity contribution in [1.82, 2.24) is 10.3 Å². The third kappa shape index (κ3) is 3.14. The van der Waals surface area contributed by atoms with Gasteiger partial charge in [-0.3, -0.25) is 0 Å². The first-order valence-corrected chi connectivity index (χ1v) is 8.10. The Morgan fingerprint density at radius 1 is 1.20 bits per heavy atom. The second-order valence-corrected chi connectivity index (χ2v) is 6.75. The first kappa shape index (κ1) is 13.9. The summed E-state index contributed by atoms with van der Waals surface area (Å²) < 4.78 is 0. The molecule has 1 aliphatic heterocycles. The molecule has 110 valence electrons. The fourth-order valence-corrected chi connectivity index (χ4v) is 3.07. The SMILES string of the molecule is Cc1nc(N2CC(C)CCC2C)ccc1CNC1CC1. The summed E-state index contributed by atoms with van der Waals surface area (Å²) in [6.45, 7) is 8.93. The van der Waals surface area contributed by atoms with Crippen molar-refractivity contribution in [3.05, 3.63) is 23.4 Å². The Labute approximate surface area is 122 Å². The minimum absolute atomic E-state index is 0.619. The number of anilines is 1. The van der Waals surface area contributed by atoms with Gasteiger partial charge in [0, 0.05) is 30.9 Å². The third-order valence-corrected chi connectivity index (χ3v) is 4.75. The van der Waals surface area contributed by atoms with Crippen molar-refractivity contribution in [2.75, 3.05) is 11.4 Å². The number of hydrogen-bond donors (Lipinski definition) is 1. The zero-order valence-corrected chi connectivity index (χ0v) is 13.0. The Kier molecular flexibility index (Phi) is 3.97.